The van der Waals surface area contributed by atoms with Crippen LogP contribution in [0.1, 0.15) is 51.7 Å². The maximum Gasteiger partial charge on any atom is 0.0893 e. The summed E-state index contributed by atoms with van der Waals surface area (Å²) in [6.45, 7) is 10.8. The van der Waals surface area contributed by atoms with E-state index in [0.29, 0.717) is 17.9 Å². The van der Waals surface area contributed by atoms with Crippen LogP contribution >= 0.6 is 0 Å². The summed E-state index contributed by atoms with van der Waals surface area (Å²) in [7, 11) is 0. The summed E-state index contributed by atoms with van der Waals surface area (Å²) >= 11 is 0. The fourth-order valence-corrected chi connectivity index (χ4v) is 3.04. The molecule has 0 bridgehead atoms. The zero-order chi connectivity index (χ0) is 13.8. The quantitative estimate of drug-likeness (QED) is 0.679. The molecule has 1 aliphatic heterocycles. The number of benzene rings is 1. The Bertz CT molecular complexity index is 407. The van der Waals surface area contributed by atoms with E-state index >= 15 is 0 Å². The Morgan fingerprint density at radius 1 is 1.26 bits per heavy atom. The van der Waals surface area contributed by atoms with E-state index in [1.807, 2.05) is 0 Å². The molecule has 1 nitrogen and oxygen atoms in total. The second kappa shape index (κ2) is 6.38. The van der Waals surface area contributed by atoms with Crippen LogP contribution in [0.4, 0.5) is 0 Å². The standard InChI is InChI=1S/C18H26O/c1-13(2)12-16-10-11-17(14(3)4)18(19-16)15-8-6-5-7-9-15/h5-9,13,16-18H,3,10-12H2,1-2,4H3/t16-,17-,18-/m0/s1. The molecule has 0 aliphatic carbocycles. The zero-order valence-electron chi connectivity index (χ0n) is 12.4. The van der Waals surface area contributed by atoms with Crippen LogP contribution in [0.15, 0.2) is 42.5 Å². The van der Waals surface area contributed by atoms with Crippen molar-refractivity contribution in [2.45, 2.75) is 52.2 Å². The van der Waals surface area contributed by atoms with Crippen molar-refractivity contribution in [3.05, 3.63) is 48.0 Å². The molecule has 104 valence electrons. The van der Waals surface area contributed by atoms with Gasteiger partial charge in [-0.05, 0) is 37.7 Å². The lowest BCUT2D eigenvalue weighted by Crippen LogP contribution is -2.30. The fourth-order valence-electron chi connectivity index (χ4n) is 3.04. The molecule has 0 N–H and O–H groups in total. The van der Waals surface area contributed by atoms with Crippen molar-refractivity contribution in [1.29, 1.82) is 0 Å². The third-order valence-corrected chi connectivity index (χ3v) is 4.00. The summed E-state index contributed by atoms with van der Waals surface area (Å²) in [6, 6.07) is 10.6. The summed E-state index contributed by atoms with van der Waals surface area (Å²) in [5, 5.41) is 0. The number of hydrogen-bond acceptors (Lipinski definition) is 1. The molecule has 1 aliphatic rings. The van der Waals surface area contributed by atoms with E-state index < -0.39 is 0 Å². The van der Waals surface area contributed by atoms with Crippen LogP contribution in [0, 0.1) is 11.8 Å². The predicted octanol–water partition coefficient (Wildman–Crippen LogP) is 5.15. The van der Waals surface area contributed by atoms with Crippen LogP contribution < -0.4 is 0 Å². The van der Waals surface area contributed by atoms with E-state index in [4.69, 9.17) is 4.74 Å². The first kappa shape index (κ1) is 14.3. The van der Waals surface area contributed by atoms with Gasteiger partial charge >= 0.3 is 0 Å². The highest BCUT2D eigenvalue weighted by Gasteiger charge is 2.32. The molecular formula is C18H26O. The molecule has 0 unspecified atom stereocenters. The van der Waals surface area contributed by atoms with E-state index in [1.54, 1.807) is 0 Å². The molecule has 1 heterocycles. The minimum Gasteiger partial charge on any atom is -0.370 e. The lowest BCUT2D eigenvalue weighted by atomic mass is 9.82. The van der Waals surface area contributed by atoms with Gasteiger partial charge in [0.15, 0.2) is 0 Å². The number of hydrogen-bond donors (Lipinski definition) is 0. The van der Waals surface area contributed by atoms with Gasteiger partial charge < -0.3 is 4.74 Å². The van der Waals surface area contributed by atoms with Crippen LogP contribution in [0.3, 0.4) is 0 Å². The molecule has 1 aromatic rings. The Morgan fingerprint density at radius 3 is 2.53 bits per heavy atom. The van der Waals surface area contributed by atoms with Gasteiger partial charge in [0.2, 0.25) is 0 Å². The first-order chi connectivity index (χ1) is 9.08. The van der Waals surface area contributed by atoms with Gasteiger partial charge in [0.1, 0.15) is 0 Å². The summed E-state index contributed by atoms with van der Waals surface area (Å²) in [4.78, 5) is 0. The molecule has 0 spiro atoms. The number of rotatable bonds is 4. The summed E-state index contributed by atoms with van der Waals surface area (Å²) in [5.74, 6) is 1.16. The Labute approximate surface area is 117 Å². The van der Waals surface area contributed by atoms with E-state index in [9.17, 15) is 0 Å². The van der Waals surface area contributed by atoms with Crippen LogP contribution in [0.2, 0.25) is 0 Å². The molecule has 1 heteroatoms. The molecule has 19 heavy (non-hydrogen) atoms. The van der Waals surface area contributed by atoms with Crippen molar-refractivity contribution < 1.29 is 4.74 Å². The molecule has 2 rings (SSSR count). The lowest BCUT2D eigenvalue weighted by Gasteiger charge is -2.38. The van der Waals surface area contributed by atoms with E-state index in [-0.39, 0.29) is 6.10 Å². The monoisotopic (exact) mass is 258 g/mol. The van der Waals surface area contributed by atoms with Gasteiger partial charge in [-0.25, -0.2) is 0 Å². The topological polar surface area (TPSA) is 9.23 Å². The molecular weight excluding hydrogens is 232 g/mol. The molecule has 1 aromatic carbocycles. The first-order valence-corrected chi connectivity index (χ1v) is 7.43. The van der Waals surface area contributed by atoms with Gasteiger partial charge in [0, 0.05) is 5.92 Å². The normalized spacial score (nSPS) is 27.5. The highest BCUT2D eigenvalue weighted by Crippen LogP contribution is 2.41. The Kier molecular flexibility index (Phi) is 4.81. The summed E-state index contributed by atoms with van der Waals surface area (Å²) in [5.41, 5.74) is 2.54. The minimum absolute atomic E-state index is 0.191. The highest BCUT2D eigenvalue weighted by molar-refractivity contribution is 5.21. The average molecular weight is 258 g/mol. The third kappa shape index (κ3) is 3.70. The van der Waals surface area contributed by atoms with Gasteiger partial charge in [0.05, 0.1) is 12.2 Å². The van der Waals surface area contributed by atoms with Crippen LogP contribution in [-0.2, 0) is 4.74 Å². The summed E-state index contributed by atoms with van der Waals surface area (Å²) in [6.07, 6.45) is 4.12. The molecule has 0 aromatic heterocycles. The zero-order valence-corrected chi connectivity index (χ0v) is 12.4. The van der Waals surface area contributed by atoms with Gasteiger partial charge in [-0.3, -0.25) is 0 Å². The molecule has 1 fully saturated rings. The lowest BCUT2D eigenvalue weighted by molar-refractivity contribution is -0.0834. The fraction of sp³-hybridized carbons (Fsp3) is 0.556. The Morgan fingerprint density at radius 2 is 1.95 bits per heavy atom. The average Bonchev–Trinajstić information content (AvgIpc) is 2.38. The van der Waals surface area contributed by atoms with Crippen molar-refractivity contribution in [3.8, 4) is 0 Å². The second-order valence-electron chi connectivity index (χ2n) is 6.25. The predicted molar refractivity (Wildman–Crippen MR) is 81.0 cm³/mol. The van der Waals surface area contributed by atoms with Crippen molar-refractivity contribution in [3.63, 3.8) is 0 Å². The largest absolute Gasteiger partial charge is 0.370 e. The smallest absolute Gasteiger partial charge is 0.0893 e. The highest BCUT2D eigenvalue weighted by atomic mass is 16.5. The van der Waals surface area contributed by atoms with Gasteiger partial charge in [-0.2, -0.15) is 0 Å². The van der Waals surface area contributed by atoms with Crippen molar-refractivity contribution in [2.24, 2.45) is 11.8 Å². The van der Waals surface area contributed by atoms with Crippen molar-refractivity contribution in [1.82, 2.24) is 0 Å². The van der Waals surface area contributed by atoms with Crippen LogP contribution in [0.5, 0.6) is 0 Å². The molecule has 0 amide bonds. The number of ether oxygens (including phenoxy) is 1. The molecule has 0 radical (unpaired) electrons. The Balaban J connectivity index is 2.16. The molecule has 1 saturated heterocycles. The molecule has 3 atom stereocenters. The van der Waals surface area contributed by atoms with E-state index in [0.717, 1.165) is 6.42 Å². The van der Waals surface area contributed by atoms with Crippen molar-refractivity contribution >= 4 is 0 Å². The van der Waals surface area contributed by atoms with E-state index in [1.165, 1.54) is 24.0 Å². The SMILES string of the molecule is C=C(C)[C@@H]1CC[C@@H](CC(C)C)O[C@H]1c1ccccc1. The molecule has 0 saturated carbocycles. The maximum atomic E-state index is 6.40. The summed E-state index contributed by atoms with van der Waals surface area (Å²) < 4.78 is 6.40. The third-order valence-electron chi connectivity index (χ3n) is 4.00. The second-order valence-corrected chi connectivity index (χ2v) is 6.25. The first-order valence-electron chi connectivity index (χ1n) is 7.43. The van der Waals surface area contributed by atoms with E-state index in [2.05, 4.69) is 57.7 Å². The van der Waals surface area contributed by atoms with Gasteiger partial charge in [0.25, 0.3) is 0 Å². The van der Waals surface area contributed by atoms with Crippen LogP contribution in [0.25, 0.3) is 0 Å². The van der Waals surface area contributed by atoms with Crippen molar-refractivity contribution in [2.75, 3.05) is 0 Å². The van der Waals surface area contributed by atoms with Gasteiger partial charge in [-0.1, -0.05) is 56.3 Å². The minimum atomic E-state index is 0.191. The van der Waals surface area contributed by atoms with Gasteiger partial charge in [-0.15, -0.1) is 0 Å². The maximum absolute atomic E-state index is 6.40. The Hall–Kier alpha value is -1.08. The van der Waals surface area contributed by atoms with Crippen LogP contribution in [-0.4, -0.2) is 6.10 Å².